The van der Waals surface area contributed by atoms with Crippen molar-refractivity contribution in [1.29, 1.82) is 0 Å². The molecule has 0 bridgehead atoms. The monoisotopic (exact) mass is 781 g/mol. The average molecular weight is 782 g/mol. The molecule has 0 aromatic rings. The highest BCUT2D eigenvalue weighted by Gasteiger charge is 2.31. The van der Waals surface area contributed by atoms with Crippen LogP contribution >= 0.6 is 0 Å². The van der Waals surface area contributed by atoms with E-state index in [2.05, 4.69) is 16.0 Å². The van der Waals surface area contributed by atoms with Crippen LogP contribution in [0.4, 0.5) is 0 Å². The summed E-state index contributed by atoms with van der Waals surface area (Å²) < 4.78 is 42.4. The number of carbonyl (C=O) groups is 9. The first-order chi connectivity index (χ1) is 24.8. The van der Waals surface area contributed by atoms with Crippen molar-refractivity contribution < 1.29 is 80.9 Å². The Balaban J connectivity index is 4.46. The molecule has 3 amide bonds. The zero-order valence-electron chi connectivity index (χ0n) is 29.7. The van der Waals surface area contributed by atoms with Gasteiger partial charge in [0, 0.05) is 51.5 Å². The van der Waals surface area contributed by atoms with Crippen LogP contribution in [-0.4, -0.2) is 133 Å². The molecule has 0 heterocycles. The first kappa shape index (κ1) is 48.7. The van der Waals surface area contributed by atoms with E-state index in [1.807, 2.05) is 6.92 Å². The molecule has 7 N–H and O–H groups in total. The van der Waals surface area contributed by atoms with Gasteiger partial charge in [0.25, 0.3) is 10.1 Å². The van der Waals surface area contributed by atoms with Crippen molar-refractivity contribution in [2.75, 3.05) is 45.3 Å². The van der Waals surface area contributed by atoms with Gasteiger partial charge in [0.15, 0.2) is 17.3 Å². The summed E-state index contributed by atoms with van der Waals surface area (Å²) >= 11 is 0. The number of ketones is 3. The van der Waals surface area contributed by atoms with Crippen LogP contribution in [0.15, 0.2) is 0 Å². The molecule has 0 aromatic carbocycles. The van der Waals surface area contributed by atoms with E-state index in [4.69, 9.17) is 14.6 Å². The number of nitrogens with one attached hydrogen (secondary N) is 3. The van der Waals surface area contributed by atoms with Crippen LogP contribution < -0.4 is 16.0 Å². The molecule has 302 valence electrons. The lowest BCUT2D eigenvalue weighted by molar-refractivity contribution is -0.145. The van der Waals surface area contributed by atoms with E-state index >= 15 is 0 Å². The Morgan fingerprint density at radius 2 is 1.25 bits per heavy atom. The molecule has 0 rings (SSSR count). The van der Waals surface area contributed by atoms with E-state index < -0.39 is 94.0 Å². The first-order valence-corrected chi connectivity index (χ1v) is 18.6. The van der Waals surface area contributed by atoms with E-state index in [1.54, 1.807) is 0 Å². The lowest BCUT2D eigenvalue weighted by atomic mass is 9.94. The van der Waals surface area contributed by atoms with Crippen LogP contribution in [0.3, 0.4) is 0 Å². The third-order valence-electron chi connectivity index (χ3n) is 7.45. The molecule has 0 aliphatic heterocycles. The van der Waals surface area contributed by atoms with Gasteiger partial charge in [-0.25, -0.2) is 0 Å². The number of ether oxygens (including phenoxy) is 2. The molecule has 21 heteroatoms. The number of rotatable bonds is 33. The van der Waals surface area contributed by atoms with Crippen LogP contribution in [0.2, 0.25) is 0 Å². The van der Waals surface area contributed by atoms with Gasteiger partial charge in [0.1, 0.15) is 18.4 Å². The van der Waals surface area contributed by atoms with Crippen molar-refractivity contribution in [2.24, 2.45) is 11.8 Å². The highest BCUT2D eigenvalue weighted by molar-refractivity contribution is 7.85. The van der Waals surface area contributed by atoms with Crippen LogP contribution in [0.1, 0.15) is 84.0 Å². The van der Waals surface area contributed by atoms with Crippen molar-refractivity contribution >= 4 is 63.1 Å². The molecule has 0 saturated heterocycles. The Kier molecular flexibility index (Phi) is 25.1. The maximum Gasteiger partial charge on any atom is 0.306 e. The largest absolute Gasteiger partial charge is 0.481 e. The molecule has 0 radical (unpaired) electrons. The Labute approximate surface area is 306 Å². The predicted molar refractivity (Wildman–Crippen MR) is 182 cm³/mol. The third-order valence-corrected chi connectivity index (χ3v) is 8.21. The van der Waals surface area contributed by atoms with Crippen molar-refractivity contribution in [1.82, 2.24) is 16.0 Å². The van der Waals surface area contributed by atoms with Crippen molar-refractivity contribution in [3.8, 4) is 0 Å². The van der Waals surface area contributed by atoms with E-state index in [-0.39, 0.29) is 90.1 Å². The minimum atomic E-state index is -4.79. The number of carboxylic acid groups (broad SMARTS) is 3. The number of Topliss-reactive ketones (excluding diaryl/α,β-unsaturated/α-hetero) is 3. The highest BCUT2D eigenvalue weighted by Crippen LogP contribution is 2.15. The summed E-state index contributed by atoms with van der Waals surface area (Å²) in [4.78, 5) is 107. The fourth-order valence-electron chi connectivity index (χ4n) is 4.55. The molecular weight excluding hydrogens is 730 g/mol. The van der Waals surface area contributed by atoms with Gasteiger partial charge >= 0.3 is 17.9 Å². The normalized spacial score (nSPS) is 12.9. The second kappa shape index (κ2) is 27.3. The van der Waals surface area contributed by atoms with Crippen molar-refractivity contribution in [2.45, 2.75) is 90.0 Å². The predicted octanol–water partition coefficient (Wildman–Crippen LogP) is -0.481. The molecule has 0 aliphatic rings. The lowest BCUT2D eigenvalue weighted by Crippen LogP contribution is -2.46. The van der Waals surface area contributed by atoms with Crippen LogP contribution in [0.5, 0.6) is 0 Å². The topological polar surface area (TPSA) is 323 Å². The molecule has 3 atom stereocenters. The Morgan fingerprint density at radius 1 is 0.660 bits per heavy atom. The van der Waals surface area contributed by atoms with Crippen molar-refractivity contribution in [3.63, 3.8) is 0 Å². The molecule has 0 aliphatic carbocycles. The van der Waals surface area contributed by atoms with Gasteiger partial charge in [-0.15, -0.1) is 0 Å². The minimum Gasteiger partial charge on any atom is -0.481 e. The maximum absolute atomic E-state index is 12.7. The minimum absolute atomic E-state index is 0.000451. The number of hydrogen-bond donors (Lipinski definition) is 7. The summed E-state index contributed by atoms with van der Waals surface area (Å²) in [5, 5.41) is 34.6. The fourth-order valence-corrected chi connectivity index (χ4v) is 5.24. The van der Waals surface area contributed by atoms with Gasteiger partial charge in [0.2, 0.25) is 17.7 Å². The molecule has 53 heavy (non-hydrogen) atoms. The number of amides is 3. The van der Waals surface area contributed by atoms with Gasteiger partial charge in [-0.2, -0.15) is 8.42 Å². The SMILES string of the molecule is CCCCC(=O)CNC(=O)CCC(CC(=O)COCCOCCNC(=O)CCC(CC(=O)C(CS(=O)(=O)O)NC(=O)CCCC(=O)O)C(=O)O)C(=O)O. The number of hydrogen-bond acceptors (Lipinski definition) is 13. The maximum atomic E-state index is 12.7. The van der Waals surface area contributed by atoms with Gasteiger partial charge in [0.05, 0.1) is 38.2 Å². The van der Waals surface area contributed by atoms with E-state index in [0.29, 0.717) is 12.8 Å². The summed E-state index contributed by atoms with van der Waals surface area (Å²) in [5.74, 6) is -11.3. The van der Waals surface area contributed by atoms with Gasteiger partial charge < -0.3 is 40.7 Å². The molecule has 20 nitrogen and oxygen atoms in total. The lowest BCUT2D eigenvalue weighted by Gasteiger charge is -2.19. The summed E-state index contributed by atoms with van der Waals surface area (Å²) in [6.45, 7) is 1.37. The molecular formula is C32H51N3O17S. The fraction of sp³-hybridized carbons (Fsp3) is 0.719. The zero-order valence-corrected chi connectivity index (χ0v) is 30.5. The summed E-state index contributed by atoms with van der Waals surface area (Å²) in [7, 11) is -4.79. The van der Waals surface area contributed by atoms with Crippen LogP contribution in [0, 0.1) is 11.8 Å². The second-order valence-corrected chi connectivity index (χ2v) is 13.6. The standard InChI is InChI=1S/C32H51N3O17S/c1-2-3-5-23(36)18-34-28(40)11-8-21(31(44)45)16-24(37)19-52-15-14-51-13-12-33-27(39)10-9-22(32(46)47)17-26(38)25(20-53(48,49)50)35-29(41)6-4-7-30(42)43/h21-22,25H,2-20H2,1H3,(H,33,39)(H,34,40)(H,35,41)(H,42,43)(H,44,45)(H,46,47)(H,48,49,50). The van der Waals surface area contributed by atoms with Crippen LogP contribution in [-0.2, 0) is 62.7 Å². The highest BCUT2D eigenvalue weighted by atomic mass is 32.2. The summed E-state index contributed by atoms with van der Waals surface area (Å²) in [6.07, 6.45) is -1.06. The van der Waals surface area contributed by atoms with Crippen LogP contribution in [0.25, 0.3) is 0 Å². The number of aliphatic carboxylic acids is 3. The smallest absolute Gasteiger partial charge is 0.306 e. The zero-order chi connectivity index (χ0) is 40.4. The van der Waals surface area contributed by atoms with Crippen molar-refractivity contribution in [3.05, 3.63) is 0 Å². The number of carbonyl (C=O) groups excluding carboxylic acids is 6. The Morgan fingerprint density at radius 3 is 1.81 bits per heavy atom. The first-order valence-electron chi connectivity index (χ1n) is 17.0. The third kappa shape index (κ3) is 27.0. The van der Waals surface area contributed by atoms with Gasteiger partial charge in [-0.1, -0.05) is 13.3 Å². The van der Waals surface area contributed by atoms with Gasteiger partial charge in [-0.3, -0.25) is 47.7 Å². The summed E-state index contributed by atoms with van der Waals surface area (Å²) in [5.41, 5.74) is 0. The van der Waals surface area contributed by atoms with E-state index in [0.717, 1.165) is 6.42 Å². The quantitative estimate of drug-likeness (QED) is 0.0326. The molecule has 0 spiro atoms. The molecule has 0 saturated carbocycles. The van der Waals surface area contributed by atoms with E-state index in [9.17, 15) is 66.3 Å². The van der Waals surface area contributed by atoms with E-state index in [1.165, 1.54) is 0 Å². The molecule has 0 fully saturated rings. The average Bonchev–Trinajstić information content (AvgIpc) is 3.06. The number of unbranched alkanes of at least 4 members (excludes halogenated alkanes) is 1. The van der Waals surface area contributed by atoms with Gasteiger partial charge in [-0.05, 0) is 25.7 Å². The number of carboxylic acids is 3. The molecule has 0 aromatic heterocycles. The summed E-state index contributed by atoms with van der Waals surface area (Å²) in [6, 6.07) is -1.80. The Bertz CT molecular complexity index is 1370. The Hall–Kier alpha value is -4.34. The second-order valence-electron chi connectivity index (χ2n) is 12.1. The molecule has 3 unspecified atom stereocenters.